The van der Waals surface area contributed by atoms with Crippen LogP contribution in [0.5, 0.6) is 0 Å². The fourth-order valence-electron chi connectivity index (χ4n) is 2.41. The predicted octanol–water partition coefficient (Wildman–Crippen LogP) is 2.09. The summed E-state index contributed by atoms with van der Waals surface area (Å²) < 4.78 is 13.1. The second-order valence-corrected chi connectivity index (χ2v) is 6.00. The number of amides is 2. The molecule has 2 aromatic carbocycles. The fourth-order valence-corrected chi connectivity index (χ4v) is 2.41. The van der Waals surface area contributed by atoms with Gasteiger partial charge in [-0.25, -0.2) is 4.39 Å². The number of nitro benzene ring substituents is 1. The van der Waals surface area contributed by atoms with Crippen LogP contribution in [0.1, 0.15) is 11.6 Å². The topological polar surface area (TPSA) is 105 Å². The molecule has 0 saturated carbocycles. The van der Waals surface area contributed by atoms with Crippen LogP contribution in [0, 0.1) is 15.9 Å². The van der Waals surface area contributed by atoms with Crippen LogP contribution in [0.2, 0.25) is 0 Å². The highest BCUT2D eigenvalue weighted by Crippen LogP contribution is 2.18. The Balaban J connectivity index is 1.95. The monoisotopic (exact) mass is 374 g/mol. The number of carbonyl (C=O) groups excluding carboxylic acids is 2. The smallest absolute Gasteiger partial charge is 0.313 e. The van der Waals surface area contributed by atoms with Gasteiger partial charge in [-0.1, -0.05) is 12.1 Å². The number of anilines is 1. The van der Waals surface area contributed by atoms with Gasteiger partial charge in [-0.15, -0.1) is 0 Å². The first-order valence-corrected chi connectivity index (χ1v) is 8.03. The van der Waals surface area contributed by atoms with Crippen molar-refractivity contribution in [2.45, 2.75) is 6.04 Å². The highest BCUT2D eigenvalue weighted by atomic mass is 19.1. The van der Waals surface area contributed by atoms with Crippen LogP contribution in [-0.4, -0.2) is 42.3 Å². The number of likely N-dealkylation sites (N-methyl/N-ethyl adjacent to an activating group) is 1. The standard InChI is InChI=1S/C18H19FN4O4/c1-22(2)16(12-3-5-13(19)6-4-12)11-20-17(24)18(25)21-14-7-9-15(10-8-14)23(26)27/h3-10,16H,11H2,1-2H3,(H,20,24)(H,21,25)/t16-/m0/s1. The summed E-state index contributed by atoms with van der Waals surface area (Å²) in [5, 5.41) is 15.5. The van der Waals surface area contributed by atoms with Crippen LogP contribution in [0.25, 0.3) is 0 Å². The van der Waals surface area contributed by atoms with Crippen molar-refractivity contribution < 1.29 is 18.9 Å². The molecule has 1 atom stereocenters. The molecule has 0 bridgehead atoms. The third-order valence-corrected chi connectivity index (χ3v) is 3.88. The Bertz CT molecular complexity index is 822. The maximum Gasteiger partial charge on any atom is 0.313 e. The summed E-state index contributed by atoms with van der Waals surface area (Å²) in [5.41, 5.74) is 0.937. The predicted molar refractivity (Wildman–Crippen MR) is 97.6 cm³/mol. The van der Waals surface area contributed by atoms with Crippen molar-refractivity contribution >= 4 is 23.2 Å². The maximum atomic E-state index is 13.1. The Kier molecular flexibility index (Phi) is 6.56. The molecule has 0 heterocycles. The van der Waals surface area contributed by atoms with Gasteiger partial charge in [-0.2, -0.15) is 0 Å². The molecule has 0 aliphatic heterocycles. The molecule has 0 spiro atoms. The van der Waals surface area contributed by atoms with Gasteiger partial charge >= 0.3 is 11.8 Å². The number of halogens is 1. The molecule has 0 saturated heterocycles. The molecule has 2 amide bonds. The molecule has 8 nitrogen and oxygen atoms in total. The largest absolute Gasteiger partial charge is 0.346 e. The van der Waals surface area contributed by atoms with Crippen LogP contribution < -0.4 is 10.6 Å². The highest BCUT2D eigenvalue weighted by Gasteiger charge is 2.19. The Morgan fingerprint density at radius 2 is 1.67 bits per heavy atom. The number of nitro groups is 1. The normalized spacial score (nSPS) is 11.7. The number of carbonyl (C=O) groups is 2. The molecular weight excluding hydrogens is 355 g/mol. The number of nitrogens with one attached hydrogen (secondary N) is 2. The lowest BCUT2D eigenvalue weighted by Crippen LogP contribution is -2.40. The number of nitrogens with zero attached hydrogens (tertiary/aromatic N) is 2. The Hall–Kier alpha value is -3.33. The van der Waals surface area contributed by atoms with E-state index in [4.69, 9.17) is 0 Å². The molecule has 0 aromatic heterocycles. The van der Waals surface area contributed by atoms with Gasteiger partial charge < -0.3 is 15.5 Å². The van der Waals surface area contributed by atoms with Crippen molar-refractivity contribution in [2.24, 2.45) is 0 Å². The second-order valence-electron chi connectivity index (χ2n) is 6.00. The van der Waals surface area contributed by atoms with Gasteiger partial charge in [0, 0.05) is 24.4 Å². The molecule has 0 aliphatic rings. The van der Waals surface area contributed by atoms with Crippen molar-refractivity contribution in [1.82, 2.24) is 10.2 Å². The molecular formula is C18H19FN4O4. The van der Waals surface area contributed by atoms with E-state index in [1.807, 2.05) is 4.90 Å². The Morgan fingerprint density at radius 1 is 1.07 bits per heavy atom. The van der Waals surface area contributed by atoms with Gasteiger partial charge in [-0.3, -0.25) is 19.7 Å². The first kappa shape index (κ1) is 20.0. The second kappa shape index (κ2) is 8.86. The van der Waals surface area contributed by atoms with Gasteiger partial charge in [0.25, 0.3) is 5.69 Å². The zero-order valence-corrected chi connectivity index (χ0v) is 14.8. The summed E-state index contributed by atoms with van der Waals surface area (Å²) in [6.07, 6.45) is 0. The minimum atomic E-state index is -0.888. The Labute approximate surface area is 155 Å². The summed E-state index contributed by atoms with van der Waals surface area (Å²) >= 11 is 0. The quantitative estimate of drug-likeness (QED) is 0.458. The Morgan fingerprint density at radius 3 is 2.19 bits per heavy atom. The number of hydrogen-bond donors (Lipinski definition) is 2. The summed E-state index contributed by atoms with van der Waals surface area (Å²) in [6.45, 7) is 0.144. The molecule has 142 valence electrons. The van der Waals surface area contributed by atoms with E-state index in [0.29, 0.717) is 0 Å². The van der Waals surface area contributed by atoms with E-state index < -0.39 is 16.7 Å². The minimum absolute atomic E-state index is 0.120. The van der Waals surface area contributed by atoms with Gasteiger partial charge in [0.1, 0.15) is 5.82 Å². The van der Waals surface area contributed by atoms with Crippen molar-refractivity contribution in [3.05, 3.63) is 70.0 Å². The summed E-state index contributed by atoms with van der Waals surface area (Å²) in [4.78, 5) is 35.9. The molecule has 2 N–H and O–H groups in total. The average Bonchev–Trinajstić information content (AvgIpc) is 2.63. The number of non-ortho nitro benzene ring substituents is 1. The fraction of sp³-hybridized carbons (Fsp3) is 0.222. The van der Waals surface area contributed by atoms with E-state index in [2.05, 4.69) is 10.6 Å². The van der Waals surface area contributed by atoms with Crippen molar-refractivity contribution in [2.75, 3.05) is 26.0 Å². The molecule has 0 radical (unpaired) electrons. The van der Waals surface area contributed by atoms with E-state index in [1.54, 1.807) is 26.2 Å². The maximum absolute atomic E-state index is 13.1. The lowest BCUT2D eigenvalue weighted by Gasteiger charge is -2.25. The lowest BCUT2D eigenvalue weighted by molar-refractivity contribution is -0.384. The van der Waals surface area contributed by atoms with Crippen LogP contribution in [0.15, 0.2) is 48.5 Å². The van der Waals surface area contributed by atoms with Crippen LogP contribution in [-0.2, 0) is 9.59 Å². The van der Waals surface area contributed by atoms with Crippen molar-refractivity contribution in [3.63, 3.8) is 0 Å². The molecule has 0 unspecified atom stereocenters. The minimum Gasteiger partial charge on any atom is -0.346 e. The van der Waals surface area contributed by atoms with E-state index in [1.165, 1.54) is 36.4 Å². The van der Waals surface area contributed by atoms with Gasteiger partial charge in [0.2, 0.25) is 0 Å². The number of rotatable bonds is 6. The van der Waals surface area contributed by atoms with E-state index in [9.17, 15) is 24.1 Å². The third-order valence-electron chi connectivity index (χ3n) is 3.88. The van der Waals surface area contributed by atoms with Crippen LogP contribution >= 0.6 is 0 Å². The van der Waals surface area contributed by atoms with Crippen LogP contribution in [0.4, 0.5) is 15.8 Å². The average molecular weight is 374 g/mol. The highest BCUT2D eigenvalue weighted by molar-refractivity contribution is 6.39. The SMILES string of the molecule is CN(C)[C@@H](CNC(=O)C(=O)Nc1ccc([N+](=O)[O-])cc1)c1ccc(F)cc1. The zero-order valence-electron chi connectivity index (χ0n) is 14.8. The number of benzene rings is 2. The number of hydrogen-bond acceptors (Lipinski definition) is 5. The summed E-state index contributed by atoms with van der Waals surface area (Å²) in [7, 11) is 3.61. The molecule has 2 aromatic rings. The van der Waals surface area contributed by atoms with Crippen molar-refractivity contribution in [3.8, 4) is 0 Å². The molecule has 0 aliphatic carbocycles. The van der Waals surface area contributed by atoms with Gasteiger partial charge in [0.15, 0.2) is 0 Å². The summed E-state index contributed by atoms with van der Waals surface area (Å²) in [6, 6.07) is 10.8. The zero-order chi connectivity index (χ0) is 20.0. The van der Waals surface area contributed by atoms with Gasteiger partial charge in [0.05, 0.1) is 11.0 Å². The molecule has 9 heteroatoms. The van der Waals surface area contributed by atoms with Crippen molar-refractivity contribution in [1.29, 1.82) is 0 Å². The first-order valence-electron chi connectivity index (χ1n) is 8.03. The molecule has 2 rings (SSSR count). The van der Waals surface area contributed by atoms with E-state index in [-0.39, 0.29) is 29.8 Å². The van der Waals surface area contributed by atoms with Crippen LogP contribution in [0.3, 0.4) is 0 Å². The summed E-state index contributed by atoms with van der Waals surface area (Å²) in [5.74, 6) is -2.09. The lowest BCUT2D eigenvalue weighted by atomic mass is 10.1. The first-order chi connectivity index (χ1) is 12.8. The van der Waals surface area contributed by atoms with E-state index >= 15 is 0 Å². The third kappa shape index (κ3) is 5.58. The molecule has 0 fully saturated rings. The van der Waals surface area contributed by atoms with Gasteiger partial charge in [-0.05, 0) is 43.9 Å². The molecule has 27 heavy (non-hydrogen) atoms. The van der Waals surface area contributed by atoms with E-state index in [0.717, 1.165) is 5.56 Å².